The molecule has 0 bridgehead atoms. The van der Waals surface area contributed by atoms with Crippen LogP contribution in [0.2, 0.25) is 0 Å². The first kappa shape index (κ1) is 31.8. The van der Waals surface area contributed by atoms with E-state index in [9.17, 15) is 13.2 Å². The van der Waals surface area contributed by atoms with Gasteiger partial charge in [0.15, 0.2) is 9.84 Å². The van der Waals surface area contributed by atoms with Crippen LogP contribution in [0, 0.1) is 0 Å². The van der Waals surface area contributed by atoms with E-state index in [4.69, 9.17) is 9.72 Å². The average Bonchev–Trinajstić information content (AvgIpc) is 3.89. The van der Waals surface area contributed by atoms with E-state index in [1.54, 1.807) is 25.3 Å². The van der Waals surface area contributed by atoms with Crippen molar-refractivity contribution in [1.29, 1.82) is 0 Å². The van der Waals surface area contributed by atoms with Crippen LogP contribution in [0.1, 0.15) is 66.4 Å². The van der Waals surface area contributed by atoms with Gasteiger partial charge in [0.25, 0.3) is 5.91 Å². The monoisotopic (exact) mass is 652 g/mol. The molecule has 1 saturated carbocycles. The van der Waals surface area contributed by atoms with Crippen molar-refractivity contribution in [3.8, 4) is 17.0 Å². The maximum atomic E-state index is 14.7. The van der Waals surface area contributed by atoms with Gasteiger partial charge in [-0.1, -0.05) is 36.8 Å². The lowest BCUT2D eigenvalue weighted by Crippen LogP contribution is -2.46. The quantitative estimate of drug-likeness (QED) is 0.231. The van der Waals surface area contributed by atoms with E-state index in [1.165, 1.54) is 38.6 Å². The summed E-state index contributed by atoms with van der Waals surface area (Å²) in [7, 11) is -1.87. The predicted octanol–water partition coefficient (Wildman–Crippen LogP) is 6.18. The molecule has 0 unspecified atom stereocenters. The number of hydrogen-bond acceptors (Lipinski definition) is 7. The number of benzene rings is 3. The van der Waals surface area contributed by atoms with Crippen LogP contribution < -0.4 is 10.1 Å². The average molecular weight is 653 g/mol. The number of rotatable bonds is 9. The highest BCUT2D eigenvalue weighted by Gasteiger charge is 2.46. The minimum absolute atomic E-state index is 0.176. The third-order valence-corrected chi connectivity index (χ3v) is 11.5. The molecule has 1 aliphatic carbocycles. The molecular weight excluding hydrogens is 609 g/mol. The maximum Gasteiger partial charge on any atom is 0.253 e. The van der Waals surface area contributed by atoms with Crippen LogP contribution in [-0.2, 0) is 21.9 Å². The number of carbonyl (C=O) groups excluding carboxylic acids is 1. The molecule has 4 aromatic rings. The van der Waals surface area contributed by atoms with Crippen molar-refractivity contribution in [1.82, 2.24) is 20.1 Å². The lowest BCUT2D eigenvalue weighted by molar-refractivity contribution is 0.0881. The normalized spacial score (nSPS) is 19.0. The van der Waals surface area contributed by atoms with Crippen molar-refractivity contribution < 1.29 is 17.9 Å². The second kappa shape index (κ2) is 13.0. The van der Waals surface area contributed by atoms with Crippen molar-refractivity contribution in [2.75, 3.05) is 39.5 Å². The number of nitrogens with one attached hydrogen (secondary N) is 1. The minimum atomic E-state index is -3.52. The third kappa shape index (κ3) is 6.66. The van der Waals surface area contributed by atoms with E-state index in [2.05, 4.69) is 27.2 Å². The van der Waals surface area contributed by atoms with Gasteiger partial charge in [-0.15, -0.1) is 0 Å². The second-order valence-electron chi connectivity index (χ2n) is 13.5. The SMILES string of the molecule is COc1ccc(-c2nc3ccc(S(C)(=O)=O)cc3c(C(=O)NC3(c4ccccc4)CC3)c2CN2CCC(N3CCCCC3)CC2)cc1. The summed E-state index contributed by atoms with van der Waals surface area (Å²) in [6.07, 6.45) is 8.99. The molecule has 2 saturated heterocycles. The maximum absolute atomic E-state index is 14.7. The number of piperidine rings is 2. The molecule has 0 spiro atoms. The van der Waals surface area contributed by atoms with Crippen LogP contribution in [-0.4, -0.2) is 74.7 Å². The number of carbonyl (C=O) groups is 1. The molecule has 1 amide bonds. The molecule has 0 radical (unpaired) electrons. The number of amides is 1. The van der Waals surface area contributed by atoms with Crippen molar-refractivity contribution in [2.24, 2.45) is 0 Å². The molecule has 47 heavy (non-hydrogen) atoms. The molecule has 3 aliphatic rings. The van der Waals surface area contributed by atoms with Crippen molar-refractivity contribution in [3.63, 3.8) is 0 Å². The van der Waals surface area contributed by atoms with E-state index in [0.29, 0.717) is 29.1 Å². The Morgan fingerprint density at radius 2 is 1.64 bits per heavy atom. The van der Waals surface area contributed by atoms with E-state index in [0.717, 1.165) is 66.9 Å². The first-order valence-corrected chi connectivity index (χ1v) is 18.8. The summed E-state index contributed by atoms with van der Waals surface area (Å²) in [5.74, 6) is 0.544. The summed E-state index contributed by atoms with van der Waals surface area (Å²) < 4.78 is 30.9. The van der Waals surface area contributed by atoms with Gasteiger partial charge in [0, 0.05) is 35.4 Å². The van der Waals surface area contributed by atoms with E-state index >= 15 is 0 Å². The standard InChI is InChI=1S/C38H44N4O4S/c1-46-30-13-11-27(12-14-30)36-33(26-41-23-17-29(18-24-41)42-21-7-4-8-22-42)35(32-25-31(47(2,44)45)15-16-34(32)39-36)37(43)40-38(19-20-38)28-9-5-3-6-10-28/h3,5-6,9-16,25,29H,4,7-8,17-24,26H2,1-2H3,(H,40,43). The molecule has 7 rings (SSSR count). The van der Waals surface area contributed by atoms with Gasteiger partial charge in [-0.05, 0) is 113 Å². The molecule has 0 atom stereocenters. The largest absolute Gasteiger partial charge is 0.497 e. The number of methoxy groups -OCH3 is 1. The summed E-state index contributed by atoms with van der Waals surface area (Å²) >= 11 is 0. The van der Waals surface area contributed by atoms with E-state index < -0.39 is 15.4 Å². The number of sulfone groups is 1. The number of ether oxygens (including phenoxy) is 1. The molecule has 2 aliphatic heterocycles. The molecule has 3 heterocycles. The van der Waals surface area contributed by atoms with Gasteiger partial charge in [0.2, 0.25) is 0 Å². The Kier molecular flexibility index (Phi) is 8.80. The smallest absolute Gasteiger partial charge is 0.253 e. The first-order chi connectivity index (χ1) is 22.7. The molecule has 246 valence electrons. The molecule has 3 aromatic carbocycles. The molecule has 1 N–H and O–H groups in total. The number of nitrogens with zero attached hydrogens (tertiary/aromatic N) is 3. The van der Waals surface area contributed by atoms with E-state index in [-0.39, 0.29) is 10.8 Å². The van der Waals surface area contributed by atoms with Crippen LogP contribution in [0.5, 0.6) is 5.75 Å². The Bertz CT molecular complexity index is 1860. The predicted molar refractivity (Wildman–Crippen MR) is 185 cm³/mol. The Morgan fingerprint density at radius 3 is 2.28 bits per heavy atom. The van der Waals surface area contributed by atoms with Gasteiger partial charge in [0.1, 0.15) is 5.75 Å². The fourth-order valence-electron chi connectivity index (χ4n) is 7.51. The zero-order valence-electron chi connectivity index (χ0n) is 27.4. The molecule has 1 aromatic heterocycles. The molecule has 9 heteroatoms. The summed E-state index contributed by atoms with van der Waals surface area (Å²) in [6.45, 7) is 4.79. The molecule has 8 nitrogen and oxygen atoms in total. The Hall–Kier alpha value is -3.79. The van der Waals surface area contributed by atoms with Gasteiger partial charge in [-0.3, -0.25) is 9.69 Å². The number of hydrogen-bond donors (Lipinski definition) is 1. The van der Waals surface area contributed by atoms with E-state index in [1.807, 2.05) is 42.5 Å². The lowest BCUT2D eigenvalue weighted by Gasteiger charge is -2.40. The number of likely N-dealkylation sites (tertiary alicyclic amines) is 2. The summed E-state index contributed by atoms with van der Waals surface area (Å²) in [5.41, 5.74) is 4.19. The zero-order valence-corrected chi connectivity index (χ0v) is 28.2. The number of fused-ring (bicyclic) bond motifs is 1. The first-order valence-electron chi connectivity index (χ1n) is 16.9. The van der Waals surface area contributed by atoms with Crippen LogP contribution in [0.4, 0.5) is 0 Å². The van der Waals surface area contributed by atoms with Crippen LogP contribution >= 0.6 is 0 Å². The number of aromatic nitrogens is 1. The Labute approximate surface area is 278 Å². The molecule has 3 fully saturated rings. The minimum Gasteiger partial charge on any atom is -0.497 e. The summed E-state index contributed by atoms with van der Waals surface area (Å²) in [6, 6.07) is 23.5. The summed E-state index contributed by atoms with van der Waals surface area (Å²) in [5, 5.41) is 3.97. The van der Waals surface area contributed by atoms with Crippen molar-refractivity contribution in [2.45, 2.75) is 68.0 Å². The third-order valence-electron chi connectivity index (χ3n) is 10.4. The highest BCUT2D eigenvalue weighted by molar-refractivity contribution is 7.90. The van der Waals surface area contributed by atoms with Crippen molar-refractivity contribution in [3.05, 3.63) is 89.5 Å². The van der Waals surface area contributed by atoms with Crippen LogP contribution in [0.3, 0.4) is 0 Å². The lowest BCUT2D eigenvalue weighted by atomic mass is 9.93. The van der Waals surface area contributed by atoms with Gasteiger partial charge in [-0.25, -0.2) is 13.4 Å². The van der Waals surface area contributed by atoms with Gasteiger partial charge in [0.05, 0.1) is 34.3 Å². The highest BCUT2D eigenvalue weighted by atomic mass is 32.2. The van der Waals surface area contributed by atoms with Crippen molar-refractivity contribution >= 4 is 26.6 Å². The fourth-order valence-corrected chi connectivity index (χ4v) is 8.16. The zero-order chi connectivity index (χ0) is 32.6. The Morgan fingerprint density at radius 1 is 0.936 bits per heavy atom. The van der Waals surface area contributed by atoms with Gasteiger partial charge >= 0.3 is 0 Å². The highest BCUT2D eigenvalue weighted by Crippen LogP contribution is 2.46. The Balaban J connectivity index is 1.33. The van der Waals surface area contributed by atoms with Crippen LogP contribution in [0.25, 0.3) is 22.2 Å². The second-order valence-corrected chi connectivity index (χ2v) is 15.5. The summed E-state index contributed by atoms with van der Waals surface area (Å²) in [4.78, 5) is 25.2. The number of pyridine rings is 1. The van der Waals surface area contributed by atoms with Gasteiger partial charge < -0.3 is 15.0 Å². The van der Waals surface area contributed by atoms with Crippen LogP contribution in [0.15, 0.2) is 77.7 Å². The fraction of sp³-hybridized carbons (Fsp3) is 0.421. The topological polar surface area (TPSA) is 91.8 Å². The molecular formula is C38H44N4O4S. The van der Waals surface area contributed by atoms with Gasteiger partial charge in [-0.2, -0.15) is 0 Å².